The zero-order valence-corrected chi connectivity index (χ0v) is 14.4. The first kappa shape index (κ1) is 17.8. The summed E-state index contributed by atoms with van der Waals surface area (Å²) in [5, 5.41) is 0. The number of hydrogen-bond donors (Lipinski definition) is 2. The van der Waals surface area contributed by atoms with Gasteiger partial charge in [0, 0.05) is 17.6 Å². The van der Waals surface area contributed by atoms with Crippen LogP contribution in [-0.4, -0.2) is 29.9 Å². The second-order valence-electron chi connectivity index (χ2n) is 5.11. The van der Waals surface area contributed by atoms with Crippen LogP contribution in [0.5, 0.6) is 0 Å². The van der Waals surface area contributed by atoms with Gasteiger partial charge >= 0.3 is 0 Å². The van der Waals surface area contributed by atoms with Gasteiger partial charge in [-0.05, 0) is 43.0 Å². The molecule has 2 rings (SSSR count). The van der Waals surface area contributed by atoms with E-state index < -0.39 is 0 Å². The molecule has 0 aliphatic carbocycles. The Morgan fingerprint density at radius 3 is 2.57 bits per heavy atom. The fourth-order valence-corrected chi connectivity index (χ4v) is 2.52. The van der Waals surface area contributed by atoms with Crippen LogP contribution in [0.15, 0.2) is 38.7 Å². The minimum absolute atomic E-state index is 0. The van der Waals surface area contributed by atoms with Gasteiger partial charge in [-0.3, -0.25) is 0 Å². The Hall–Kier alpha value is -1.27. The highest BCUT2D eigenvalue weighted by molar-refractivity contribution is 9.10. The fourth-order valence-electron chi connectivity index (χ4n) is 2.26. The molecule has 116 valence electrons. The Labute approximate surface area is 140 Å². The molecule has 1 aromatic rings. The van der Waals surface area contributed by atoms with Gasteiger partial charge in [0.25, 0.3) is 0 Å². The second-order valence-corrected chi connectivity index (χ2v) is 6.03. The SMILES string of the molecule is CC1CCCN(C(N)=NC(N)=Nc2ccc(Br)cc2)C1.Cl. The quantitative estimate of drug-likeness (QED) is 0.586. The summed E-state index contributed by atoms with van der Waals surface area (Å²) in [5.74, 6) is 1.28. The molecular formula is C14H21BrClN5. The number of nitrogens with zero attached hydrogens (tertiary/aromatic N) is 3. The standard InChI is InChI=1S/C14H20BrN5.ClH/c1-10-3-2-8-20(9-10)14(17)19-13(16)18-12-6-4-11(15)5-7-12;/h4-7,10H,2-3,8-9H2,1H3,(H4,16,17,18,19);1H. The molecule has 0 aromatic heterocycles. The third kappa shape index (κ3) is 5.55. The first-order chi connectivity index (χ1) is 9.54. The lowest BCUT2D eigenvalue weighted by atomic mass is 10.0. The van der Waals surface area contributed by atoms with Gasteiger partial charge in [0.15, 0.2) is 5.96 Å². The zero-order chi connectivity index (χ0) is 14.5. The number of guanidine groups is 2. The van der Waals surface area contributed by atoms with Gasteiger partial charge in [-0.25, -0.2) is 4.99 Å². The van der Waals surface area contributed by atoms with Crippen molar-refractivity contribution in [2.45, 2.75) is 19.8 Å². The monoisotopic (exact) mass is 373 g/mol. The number of piperidine rings is 1. The number of benzene rings is 1. The van der Waals surface area contributed by atoms with Crippen LogP contribution in [0.3, 0.4) is 0 Å². The van der Waals surface area contributed by atoms with Crippen LogP contribution in [0, 0.1) is 5.92 Å². The lowest BCUT2D eigenvalue weighted by Gasteiger charge is -2.31. The fraction of sp³-hybridized carbons (Fsp3) is 0.429. The average Bonchev–Trinajstić information content (AvgIpc) is 2.41. The minimum atomic E-state index is 0. The smallest absolute Gasteiger partial charge is 0.223 e. The highest BCUT2D eigenvalue weighted by Crippen LogP contribution is 2.17. The highest BCUT2D eigenvalue weighted by Gasteiger charge is 2.17. The van der Waals surface area contributed by atoms with E-state index in [2.05, 4.69) is 37.7 Å². The largest absolute Gasteiger partial charge is 0.369 e. The summed E-state index contributed by atoms with van der Waals surface area (Å²) in [6.07, 6.45) is 2.38. The molecule has 1 unspecified atom stereocenters. The van der Waals surface area contributed by atoms with Gasteiger partial charge < -0.3 is 16.4 Å². The van der Waals surface area contributed by atoms with E-state index in [1.165, 1.54) is 6.42 Å². The van der Waals surface area contributed by atoms with E-state index in [9.17, 15) is 0 Å². The maximum atomic E-state index is 6.00. The predicted molar refractivity (Wildman–Crippen MR) is 94.3 cm³/mol. The molecule has 1 fully saturated rings. The molecule has 1 heterocycles. The summed E-state index contributed by atoms with van der Waals surface area (Å²) in [7, 11) is 0. The topological polar surface area (TPSA) is 80.0 Å². The van der Waals surface area contributed by atoms with E-state index in [1.54, 1.807) is 0 Å². The van der Waals surface area contributed by atoms with E-state index in [0.717, 1.165) is 29.7 Å². The van der Waals surface area contributed by atoms with Crippen LogP contribution < -0.4 is 11.5 Å². The number of hydrogen-bond acceptors (Lipinski definition) is 1. The number of halogens is 2. The summed E-state index contributed by atoms with van der Waals surface area (Å²) in [5.41, 5.74) is 12.6. The van der Waals surface area contributed by atoms with Gasteiger partial charge in [-0.1, -0.05) is 22.9 Å². The Kier molecular flexibility index (Phi) is 6.98. The Morgan fingerprint density at radius 2 is 1.95 bits per heavy atom. The minimum Gasteiger partial charge on any atom is -0.369 e. The van der Waals surface area contributed by atoms with Crippen molar-refractivity contribution in [3.05, 3.63) is 28.7 Å². The first-order valence-electron chi connectivity index (χ1n) is 6.73. The molecule has 0 saturated carbocycles. The molecule has 0 bridgehead atoms. The molecule has 5 nitrogen and oxygen atoms in total. The molecule has 0 amide bonds. The van der Waals surface area contributed by atoms with Crippen LogP contribution in [-0.2, 0) is 0 Å². The first-order valence-corrected chi connectivity index (χ1v) is 7.53. The molecule has 21 heavy (non-hydrogen) atoms. The van der Waals surface area contributed by atoms with Crippen molar-refractivity contribution in [2.24, 2.45) is 27.4 Å². The molecule has 1 aliphatic heterocycles. The highest BCUT2D eigenvalue weighted by atomic mass is 79.9. The van der Waals surface area contributed by atoms with Gasteiger partial charge in [-0.15, -0.1) is 12.4 Å². The Morgan fingerprint density at radius 1 is 1.29 bits per heavy atom. The van der Waals surface area contributed by atoms with Crippen LogP contribution >= 0.6 is 28.3 Å². The molecule has 0 spiro atoms. The molecule has 1 aromatic carbocycles. The normalized spacial score (nSPS) is 20.1. The van der Waals surface area contributed by atoms with Crippen molar-refractivity contribution >= 4 is 45.9 Å². The molecule has 1 saturated heterocycles. The summed E-state index contributed by atoms with van der Waals surface area (Å²) in [4.78, 5) is 10.5. The van der Waals surface area contributed by atoms with Gasteiger partial charge in [0.05, 0.1) is 5.69 Å². The molecule has 1 atom stereocenters. The van der Waals surface area contributed by atoms with Crippen LogP contribution in [0.2, 0.25) is 0 Å². The van der Waals surface area contributed by atoms with E-state index >= 15 is 0 Å². The average molecular weight is 375 g/mol. The van der Waals surface area contributed by atoms with E-state index in [1.807, 2.05) is 24.3 Å². The lowest BCUT2D eigenvalue weighted by molar-refractivity contribution is 0.271. The summed E-state index contributed by atoms with van der Waals surface area (Å²) < 4.78 is 1.00. The van der Waals surface area contributed by atoms with Crippen molar-refractivity contribution in [1.29, 1.82) is 0 Å². The molecule has 7 heteroatoms. The number of nitrogens with two attached hydrogens (primary N) is 2. The Bertz CT molecular complexity index is 515. The van der Waals surface area contributed by atoms with Gasteiger partial charge in [0.2, 0.25) is 5.96 Å². The zero-order valence-electron chi connectivity index (χ0n) is 12.0. The molecular weight excluding hydrogens is 354 g/mol. The van der Waals surface area contributed by atoms with Crippen molar-refractivity contribution in [2.75, 3.05) is 13.1 Å². The number of aliphatic imine (C=N–C) groups is 2. The molecule has 1 aliphatic rings. The maximum absolute atomic E-state index is 6.00. The van der Waals surface area contributed by atoms with E-state index in [0.29, 0.717) is 11.9 Å². The van der Waals surface area contributed by atoms with E-state index in [-0.39, 0.29) is 18.4 Å². The van der Waals surface area contributed by atoms with Crippen molar-refractivity contribution in [3.63, 3.8) is 0 Å². The summed E-state index contributed by atoms with van der Waals surface area (Å²) >= 11 is 3.38. The van der Waals surface area contributed by atoms with E-state index in [4.69, 9.17) is 11.5 Å². The maximum Gasteiger partial charge on any atom is 0.223 e. The third-order valence-electron chi connectivity index (χ3n) is 3.28. The number of likely N-dealkylation sites (tertiary alicyclic amines) is 1. The van der Waals surface area contributed by atoms with Crippen molar-refractivity contribution < 1.29 is 0 Å². The number of rotatable bonds is 1. The van der Waals surface area contributed by atoms with Crippen molar-refractivity contribution in [3.8, 4) is 0 Å². The second kappa shape index (κ2) is 8.24. The van der Waals surface area contributed by atoms with Crippen LogP contribution in [0.4, 0.5) is 5.69 Å². The van der Waals surface area contributed by atoms with Gasteiger partial charge in [0.1, 0.15) is 0 Å². The predicted octanol–water partition coefficient (Wildman–Crippen LogP) is 2.86. The van der Waals surface area contributed by atoms with Crippen LogP contribution in [0.25, 0.3) is 0 Å². The molecule has 4 N–H and O–H groups in total. The summed E-state index contributed by atoms with van der Waals surface area (Å²) in [6, 6.07) is 7.55. The Balaban J connectivity index is 0.00000220. The lowest BCUT2D eigenvalue weighted by Crippen LogP contribution is -2.44. The van der Waals surface area contributed by atoms with Gasteiger partial charge in [-0.2, -0.15) is 4.99 Å². The van der Waals surface area contributed by atoms with Crippen LogP contribution in [0.1, 0.15) is 19.8 Å². The summed E-state index contributed by atoms with van der Waals surface area (Å²) in [6.45, 7) is 4.09. The third-order valence-corrected chi connectivity index (χ3v) is 3.81. The van der Waals surface area contributed by atoms with Crippen molar-refractivity contribution in [1.82, 2.24) is 4.90 Å². The molecule has 0 radical (unpaired) electrons.